The van der Waals surface area contributed by atoms with Crippen LogP contribution in [0.1, 0.15) is 0 Å². The monoisotopic (exact) mass is 305 g/mol. The molecule has 1 heterocycles. The van der Waals surface area contributed by atoms with Crippen LogP contribution in [-0.2, 0) is 0 Å². The third-order valence-electron chi connectivity index (χ3n) is 3.14. The van der Waals surface area contributed by atoms with Crippen molar-refractivity contribution >= 4 is 17.5 Å². The molecule has 21 heavy (non-hydrogen) atoms. The molecule has 6 nitrogen and oxygen atoms in total. The first-order chi connectivity index (χ1) is 9.76. The number of rotatable bonds is 2. The maximum absolute atomic E-state index is 12.3. The molecule has 0 aromatic heterocycles. The maximum Gasteiger partial charge on any atom is 0.573 e. The van der Waals surface area contributed by atoms with Gasteiger partial charge in [0.05, 0.1) is 5.69 Å². The van der Waals surface area contributed by atoms with Crippen LogP contribution in [0.2, 0.25) is 0 Å². The molecule has 0 radical (unpaired) electrons. The van der Waals surface area contributed by atoms with Gasteiger partial charge in [-0.15, -0.1) is 13.2 Å². The zero-order valence-electron chi connectivity index (χ0n) is 10.9. The van der Waals surface area contributed by atoms with Gasteiger partial charge in [0.1, 0.15) is 0 Å². The summed E-state index contributed by atoms with van der Waals surface area (Å²) in [5, 5.41) is 8.85. The first-order valence-electron chi connectivity index (χ1n) is 6.14. The summed E-state index contributed by atoms with van der Waals surface area (Å²) in [7, 11) is 0. The Bertz CT molecular complexity index is 528. The van der Waals surface area contributed by atoms with Crippen molar-refractivity contribution in [1.82, 2.24) is 4.90 Å². The number of hydrogen-bond donors (Lipinski definition) is 2. The second-order valence-electron chi connectivity index (χ2n) is 4.53. The van der Waals surface area contributed by atoms with Crippen LogP contribution in [0.25, 0.3) is 0 Å². The summed E-state index contributed by atoms with van der Waals surface area (Å²) in [6, 6.07) is 4.12. The molecule has 0 bridgehead atoms. The van der Waals surface area contributed by atoms with Crippen LogP contribution in [0.5, 0.6) is 5.75 Å². The molecule has 1 aromatic carbocycles. The van der Waals surface area contributed by atoms with Crippen molar-refractivity contribution in [3.8, 4) is 5.75 Å². The number of carbonyl (C=O) groups is 1. The van der Waals surface area contributed by atoms with E-state index in [1.54, 1.807) is 11.0 Å². The van der Waals surface area contributed by atoms with Gasteiger partial charge in [-0.3, -0.25) is 0 Å². The van der Waals surface area contributed by atoms with Crippen LogP contribution < -0.4 is 15.4 Å². The smallest absolute Gasteiger partial charge is 0.465 e. The van der Waals surface area contributed by atoms with Gasteiger partial charge < -0.3 is 25.4 Å². The SMILES string of the molecule is Nc1ccc(N2CCN(C(=O)O)CC2)cc1OC(F)(F)F. The van der Waals surface area contributed by atoms with Gasteiger partial charge in [0.2, 0.25) is 0 Å². The van der Waals surface area contributed by atoms with Crippen LogP contribution in [0.15, 0.2) is 18.2 Å². The Morgan fingerprint density at radius 3 is 2.38 bits per heavy atom. The summed E-state index contributed by atoms with van der Waals surface area (Å²) in [5.74, 6) is -0.458. The third-order valence-corrected chi connectivity index (χ3v) is 3.14. The van der Waals surface area contributed by atoms with E-state index < -0.39 is 18.2 Å². The summed E-state index contributed by atoms with van der Waals surface area (Å²) in [6.45, 7) is 1.35. The number of nitrogens with two attached hydrogens (primary N) is 1. The Kier molecular flexibility index (Phi) is 4.01. The fourth-order valence-electron chi connectivity index (χ4n) is 2.09. The van der Waals surface area contributed by atoms with E-state index in [-0.39, 0.29) is 18.8 Å². The van der Waals surface area contributed by atoms with Crippen LogP contribution in [0.3, 0.4) is 0 Å². The normalized spacial score (nSPS) is 16.0. The van der Waals surface area contributed by atoms with E-state index in [2.05, 4.69) is 4.74 Å². The molecule has 116 valence electrons. The number of carboxylic acid groups (broad SMARTS) is 1. The van der Waals surface area contributed by atoms with Crippen LogP contribution in [0.4, 0.5) is 29.3 Å². The number of ether oxygens (including phenoxy) is 1. The van der Waals surface area contributed by atoms with Crippen LogP contribution in [0, 0.1) is 0 Å². The molecule has 1 fully saturated rings. The van der Waals surface area contributed by atoms with Gasteiger partial charge in [0.25, 0.3) is 0 Å². The van der Waals surface area contributed by atoms with Crippen molar-refractivity contribution in [1.29, 1.82) is 0 Å². The number of alkyl halides is 3. The Morgan fingerprint density at radius 1 is 1.24 bits per heavy atom. The fourth-order valence-corrected chi connectivity index (χ4v) is 2.09. The van der Waals surface area contributed by atoms with E-state index in [1.165, 1.54) is 17.0 Å². The van der Waals surface area contributed by atoms with Crippen molar-refractivity contribution < 1.29 is 27.8 Å². The van der Waals surface area contributed by atoms with Crippen LogP contribution in [-0.4, -0.2) is 48.6 Å². The van der Waals surface area contributed by atoms with Gasteiger partial charge in [-0.05, 0) is 12.1 Å². The number of nitrogens with zero attached hydrogens (tertiary/aromatic N) is 2. The Morgan fingerprint density at radius 2 is 1.86 bits per heavy atom. The van der Waals surface area contributed by atoms with Gasteiger partial charge in [-0.25, -0.2) is 4.79 Å². The molecule has 9 heteroatoms. The predicted octanol–water partition coefficient (Wildman–Crippen LogP) is 1.97. The molecule has 0 spiro atoms. The Hall–Kier alpha value is -2.32. The first kappa shape index (κ1) is 15.1. The van der Waals surface area contributed by atoms with Crippen molar-refractivity contribution in [2.24, 2.45) is 0 Å². The molecule has 0 unspecified atom stereocenters. The molecule has 1 aliphatic rings. The highest BCUT2D eigenvalue weighted by atomic mass is 19.4. The second-order valence-corrected chi connectivity index (χ2v) is 4.53. The minimum absolute atomic E-state index is 0.111. The molecule has 1 saturated heterocycles. The number of piperazine rings is 1. The molecule has 1 aromatic rings. The fraction of sp³-hybridized carbons (Fsp3) is 0.417. The van der Waals surface area contributed by atoms with E-state index >= 15 is 0 Å². The summed E-state index contributed by atoms with van der Waals surface area (Å²) in [6.07, 6.45) is -5.82. The molecule has 1 amide bonds. The maximum atomic E-state index is 12.3. The van der Waals surface area contributed by atoms with E-state index in [4.69, 9.17) is 10.8 Å². The second kappa shape index (κ2) is 5.58. The van der Waals surface area contributed by atoms with Crippen molar-refractivity contribution in [2.45, 2.75) is 6.36 Å². The first-order valence-corrected chi connectivity index (χ1v) is 6.14. The van der Waals surface area contributed by atoms with Crippen LogP contribution >= 0.6 is 0 Å². The lowest BCUT2D eigenvalue weighted by atomic mass is 10.2. The minimum atomic E-state index is -4.81. The molecule has 0 atom stereocenters. The summed E-state index contributed by atoms with van der Waals surface area (Å²) in [5.41, 5.74) is 5.86. The Balaban J connectivity index is 2.11. The summed E-state index contributed by atoms with van der Waals surface area (Å²) >= 11 is 0. The number of nitrogen functional groups attached to an aromatic ring is 1. The van der Waals surface area contributed by atoms with Gasteiger partial charge in [0.15, 0.2) is 5.75 Å². The average Bonchev–Trinajstić information content (AvgIpc) is 2.40. The molecule has 3 N–H and O–H groups in total. The topological polar surface area (TPSA) is 79.0 Å². The molecule has 1 aliphatic heterocycles. The van der Waals surface area contributed by atoms with Gasteiger partial charge >= 0.3 is 12.5 Å². The standard InChI is InChI=1S/C12H14F3N3O3/c13-12(14,15)21-10-7-8(1-2-9(10)16)17-3-5-18(6-4-17)11(19)20/h1-2,7H,3-6,16H2,(H,19,20). The van der Waals surface area contributed by atoms with Crippen molar-refractivity contribution in [3.05, 3.63) is 18.2 Å². The lowest BCUT2D eigenvalue weighted by Gasteiger charge is -2.34. The molecule has 0 saturated carbocycles. The largest absolute Gasteiger partial charge is 0.573 e. The number of halogens is 3. The minimum Gasteiger partial charge on any atom is -0.465 e. The van der Waals surface area contributed by atoms with Crippen molar-refractivity contribution in [3.63, 3.8) is 0 Å². The quantitative estimate of drug-likeness (QED) is 0.817. The zero-order chi connectivity index (χ0) is 15.6. The highest BCUT2D eigenvalue weighted by Crippen LogP contribution is 2.32. The number of benzene rings is 1. The summed E-state index contributed by atoms with van der Waals surface area (Å²) in [4.78, 5) is 13.8. The number of amides is 1. The lowest BCUT2D eigenvalue weighted by Crippen LogP contribution is -2.48. The highest BCUT2D eigenvalue weighted by molar-refractivity contribution is 5.66. The van der Waals surface area contributed by atoms with E-state index in [1.807, 2.05) is 0 Å². The number of hydrogen-bond acceptors (Lipinski definition) is 4. The van der Waals surface area contributed by atoms with E-state index in [0.29, 0.717) is 18.8 Å². The van der Waals surface area contributed by atoms with E-state index in [9.17, 15) is 18.0 Å². The number of anilines is 2. The lowest BCUT2D eigenvalue weighted by molar-refractivity contribution is -0.274. The third kappa shape index (κ3) is 3.83. The van der Waals surface area contributed by atoms with Crippen molar-refractivity contribution in [2.75, 3.05) is 36.8 Å². The summed E-state index contributed by atoms with van der Waals surface area (Å²) < 4.78 is 40.7. The molecule has 2 rings (SSSR count). The predicted molar refractivity (Wildman–Crippen MR) is 69.3 cm³/mol. The Labute approximate surface area is 118 Å². The highest BCUT2D eigenvalue weighted by Gasteiger charge is 2.32. The van der Waals surface area contributed by atoms with Gasteiger partial charge in [-0.1, -0.05) is 0 Å². The zero-order valence-corrected chi connectivity index (χ0v) is 10.9. The molecular formula is C12H14F3N3O3. The molecule has 0 aliphatic carbocycles. The molecular weight excluding hydrogens is 291 g/mol. The van der Waals surface area contributed by atoms with E-state index in [0.717, 1.165) is 0 Å². The average molecular weight is 305 g/mol. The van der Waals surface area contributed by atoms with Gasteiger partial charge in [-0.2, -0.15) is 0 Å². The van der Waals surface area contributed by atoms with Gasteiger partial charge in [0, 0.05) is 37.9 Å².